The van der Waals surface area contributed by atoms with Gasteiger partial charge in [0.15, 0.2) is 0 Å². The Bertz CT molecular complexity index is 1170. The Labute approximate surface area is 217 Å². The summed E-state index contributed by atoms with van der Waals surface area (Å²) >= 11 is 0. The van der Waals surface area contributed by atoms with Crippen LogP contribution < -0.4 is 4.90 Å². The first-order valence-electron chi connectivity index (χ1n) is 13.3. The molecular formula is C29H36N2O6. The second kappa shape index (κ2) is 9.40. The second-order valence-corrected chi connectivity index (χ2v) is 10.6. The summed E-state index contributed by atoms with van der Waals surface area (Å²) in [6.45, 7) is 7.97. The number of aliphatic hydroxyl groups is 1. The number of carbonyl (C=O) groups is 3. The van der Waals surface area contributed by atoms with E-state index in [1.807, 2.05) is 70.2 Å². The topological polar surface area (TPSA) is 96.4 Å². The summed E-state index contributed by atoms with van der Waals surface area (Å²) < 4.78 is 12.5. The fourth-order valence-electron chi connectivity index (χ4n) is 6.70. The first-order chi connectivity index (χ1) is 17.7. The SMILES string of the molecule is CC[C@@H](CO)N1C(=O)[C@@H]2[C@@H]3C(=O)OCCC=C[C@]3(CC)O[C@@]23C=CCN(c2cc(C)ccc2C)C(=O)C13. The number of rotatable bonds is 5. The molecule has 4 aliphatic heterocycles. The first kappa shape index (κ1) is 25.7. The van der Waals surface area contributed by atoms with E-state index in [2.05, 4.69) is 0 Å². The molecule has 8 heteroatoms. The number of esters is 1. The zero-order valence-electron chi connectivity index (χ0n) is 22.0. The van der Waals surface area contributed by atoms with Gasteiger partial charge in [0.1, 0.15) is 23.2 Å². The van der Waals surface area contributed by atoms with E-state index in [1.165, 1.54) is 4.90 Å². The standard InChI is InChI=1S/C29H36N2O6/c1-5-20(17-32)31-24-26(34)30(21-16-18(3)10-11-19(21)4)14-9-13-29(24)22(25(31)33)23-27(35)36-15-8-7-12-28(23,6-2)37-29/h7,9-13,16,20,22-24,32H,5-6,8,14-15,17H2,1-4H3/t20-,22-,23+,24?,28-,29-/m0/s1. The predicted molar refractivity (Wildman–Crippen MR) is 138 cm³/mol. The van der Waals surface area contributed by atoms with E-state index >= 15 is 0 Å². The third-order valence-electron chi connectivity index (χ3n) is 8.57. The maximum Gasteiger partial charge on any atom is 0.313 e. The van der Waals surface area contributed by atoms with Crippen molar-refractivity contribution >= 4 is 23.5 Å². The highest BCUT2D eigenvalue weighted by Gasteiger charge is 2.75. The number of anilines is 1. The minimum absolute atomic E-state index is 0.232. The summed E-state index contributed by atoms with van der Waals surface area (Å²) in [6, 6.07) is 4.33. The number of benzene rings is 1. The number of aryl methyl sites for hydroxylation is 2. The van der Waals surface area contributed by atoms with Gasteiger partial charge in [-0.15, -0.1) is 0 Å². The van der Waals surface area contributed by atoms with E-state index in [0.717, 1.165) is 16.8 Å². The number of likely N-dealkylation sites (tertiary alicyclic amines) is 1. The van der Waals surface area contributed by atoms with Crippen molar-refractivity contribution in [1.29, 1.82) is 0 Å². The average molecular weight is 509 g/mol. The van der Waals surface area contributed by atoms with Crippen LogP contribution in [0.1, 0.15) is 44.2 Å². The monoisotopic (exact) mass is 508 g/mol. The number of ether oxygens (including phenoxy) is 2. The van der Waals surface area contributed by atoms with Crippen LogP contribution in [0.25, 0.3) is 0 Å². The van der Waals surface area contributed by atoms with Gasteiger partial charge in [0.2, 0.25) is 5.91 Å². The maximum absolute atomic E-state index is 14.5. The molecule has 2 amide bonds. The minimum atomic E-state index is -1.36. The van der Waals surface area contributed by atoms with Crippen LogP contribution in [0.3, 0.4) is 0 Å². The smallest absolute Gasteiger partial charge is 0.313 e. The zero-order valence-corrected chi connectivity index (χ0v) is 22.0. The van der Waals surface area contributed by atoms with Crippen molar-refractivity contribution in [3.8, 4) is 0 Å². The van der Waals surface area contributed by atoms with E-state index in [-0.39, 0.29) is 25.0 Å². The lowest BCUT2D eigenvalue weighted by Crippen LogP contribution is -2.59. The Hall–Kier alpha value is -2.97. The minimum Gasteiger partial charge on any atom is -0.465 e. The van der Waals surface area contributed by atoms with E-state index in [0.29, 0.717) is 25.8 Å². The van der Waals surface area contributed by atoms with Crippen molar-refractivity contribution < 1.29 is 29.0 Å². The van der Waals surface area contributed by atoms with Crippen LogP contribution in [0.15, 0.2) is 42.5 Å². The number of carbonyl (C=O) groups excluding carboxylic acids is 3. The third kappa shape index (κ3) is 3.67. The molecule has 1 spiro atoms. The van der Waals surface area contributed by atoms with Gasteiger partial charge in [-0.05, 0) is 50.3 Å². The zero-order chi connectivity index (χ0) is 26.5. The van der Waals surface area contributed by atoms with E-state index < -0.39 is 41.1 Å². The van der Waals surface area contributed by atoms with Crippen LogP contribution in [0.2, 0.25) is 0 Å². The molecule has 2 saturated heterocycles. The lowest BCUT2D eigenvalue weighted by atomic mass is 9.73. The summed E-state index contributed by atoms with van der Waals surface area (Å²) in [4.78, 5) is 45.5. The summed E-state index contributed by atoms with van der Waals surface area (Å²) in [5, 5.41) is 10.3. The largest absolute Gasteiger partial charge is 0.465 e. The summed E-state index contributed by atoms with van der Waals surface area (Å²) in [5.74, 6) is -2.94. The van der Waals surface area contributed by atoms with Gasteiger partial charge in [0.25, 0.3) is 5.91 Å². The van der Waals surface area contributed by atoms with Crippen molar-refractivity contribution in [3.63, 3.8) is 0 Å². The molecule has 0 radical (unpaired) electrons. The van der Waals surface area contributed by atoms with Gasteiger partial charge in [-0.25, -0.2) is 0 Å². The maximum atomic E-state index is 14.5. The number of hydrogen-bond acceptors (Lipinski definition) is 6. The molecule has 1 aromatic carbocycles. The number of cyclic esters (lactones) is 1. The summed E-state index contributed by atoms with van der Waals surface area (Å²) in [5.41, 5.74) is 0.298. The van der Waals surface area contributed by atoms with Gasteiger partial charge in [-0.2, -0.15) is 0 Å². The molecule has 1 unspecified atom stereocenters. The van der Waals surface area contributed by atoms with Gasteiger partial charge in [0, 0.05) is 12.2 Å². The quantitative estimate of drug-likeness (QED) is 0.485. The van der Waals surface area contributed by atoms with E-state index in [4.69, 9.17) is 9.47 Å². The molecule has 4 heterocycles. The number of aliphatic hydroxyl groups excluding tert-OH is 1. The Morgan fingerprint density at radius 1 is 1.08 bits per heavy atom. The Kier molecular flexibility index (Phi) is 6.52. The van der Waals surface area contributed by atoms with Crippen LogP contribution in [-0.2, 0) is 23.9 Å². The number of amides is 2. The molecule has 6 atom stereocenters. The van der Waals surface area contributed by atoms with Crippen molar-refractivity contribution in [1.82, 2.24) is 4.90 Å². The van der Waals surface area contributed by atoms with Gasteiger partial charge in [0.05, 0.1) is 25.2 Å². The fourth-order valence-corrected chi connectivity index (χ4v) is 6.70. The third-order valence-corrected chi connectivity index (χ3v) is 8.57. The predicted octanol–water partition coefficient (Wildman–Crippen LogP) is 2.84. The molecule has 4 aliphatic rings. The molecular weight excluding hydrogens is 472 g/mol. The van der Waals surface area contributed by atoms with E-state index in [1.54, 1.807) is 4.90 Å². The average Bonchev–Trinajstić information content (AvgIpc) is 3.22. The molecule has 5 rings (SSSR count). The Balaban J connectivity index is 1.71. The summed E-state index contributed by atoms with van der Waals surface area (Å²) in [7, 11) is 0. The normalized spacial score (nSPS) is 33.9. The fraction of sp³-hybridized carbons (Fsp3) is 0.552. The summed E-state index contributed by atoms with van der Waals surface area (Å²) in [6.07, 6.45) is 9.00. The van der Waals surface area contributed by atoms with Gasteiger partial charge in [-0.3, -0.25) is 14.4 Å². The molecule has 1 aromatic rings. The molecule has 1 N–H and O–H groups in total. The van der Waals surface area contributed by atoms with Crippen molar-refractivity contribution in [2.45, 2.75) is 70.2 Å². The van der Waals surface area contributed by atoms with Crippen LogP contribution in [-0.4, -0.2) is 70.8 Å². The highest BCUT2D eigenvalue weighted by Crippen LogP contribution is 2.58. The van der Waals surface area contributed by atoms with Crippen LogP contribution in [0.5, 0.6) is 0 Å². The molecule has 0 aromatic heterocycles. The van der Waals surface area contributed by atoms with Crippen molar-refractivity contribution in [2.75, 3.05) is 24.7 Å². The Morgan fingerprint density at radius 2 is 1.86 bits per heavy atom. The highest BCUT2D eigenvalue weighted by atomic mass is 16.6. The molecule has 37 heavy (non-hydrogen) atoms. The van der Waals surface area contributed by atoms with Crippen molar-refractivity contribution in [2.24, 2.45) is 11.8 Å². The molecule has 0 saturated carbocycles. The van der Waals surface area contributed by atoms with Gasteiger partial charge in [-0.1, -0.05) is 50.3 Å². The molecule has 2 fully saturated rings. The number of hydrogen-bond donors (Lipinski definition) is 1. The number of nitrogens with zero attached hydrogens (tertiary/aromatic N) is 2. The van der Waals surface area contributed by atoms with Crippen LogP contribution in [0, 0.1) is 25.7 Å². The first-order valence-corrected chi connectivity index (χ1v) is 13.3. The van der Waals surface area contributed by atoms with Crippen LogP contribution >= 0.6 is 0 Å². The molecule has 0 bridgehead atoms. The molecule has 198 valence electrons. The van der Waals surface area contributed by atoms with Crippen LogP contribution in [0.4, 0.5) is 5.69 Å². The van der Waals surface area contributed by atoms with Crippen molar-refractivity contribution in [3.05, 3.63) is 53.6 Å². The van der Waals surface area contributed by atoms with E-state index in [9.17, 15) is 19.5 Å². The second-order valence-electron chi connectivity index (χ2n) is 10.6. The van der Waals surface area contributed by atoms with Gasteiger partial charge >= 0.3 is 5.97 Å². The Morgan fingerprint density at radius 3 is 2.57 bits per heavy atom. The number of fused-ring (bicyclic) bond motifs is 2. The highest BCUT2D eigenvalue weighted by molar-refractivity contribution is 6.06. The molecule has 0 aliphatic carbocycles. The molecule has 8 nitrogen and oxygen atoms in total. The lowest BCUT2D eigenvalue weighted by Gasteiger charge is -2.41. The van der Waals surface area contributed by atoms with Gasteiger partial charge < -0.3 is 24.4 Å². The lowest BCUT2D eigenvalue weighted by molar-refractivity contribution is -0.161.